The topological polar surface area (TPSA) is 88.2 Å². The lowest BCUT2D eigenvalue weighted by molar-refractivity contribution is -0.133. The van der Waals surface area contributed by atoms with E-state index in [9.17, 15) is 14.4 Å². The lowest BCUT2D eigenvalue weighted by Gasteiger charge is -2.39. The number of methoxy groups -OCH3 is 2. The number of rotatable bonds is 6. The number of imide groups is 1. The van der Waals surface area contributed by atoms with E-state index in [2.05, 4.69) is 5.32 Å². The molecule has 4 amide bonds. The maximum Gasteiger partial charge on any atom is 0.325 e. The molecule has 2 heterocycles. The summed E-state index contributed by atoms with van der Waals surface area (Å²) < 4.78 is 10.8. The predicted molar refractivity (Wildman–Crippen MR) is 127 cm³/mol. The fourth-order valence-corrected chi connectivity index (χ4v) is 5.07. The SMILES string of the molecule is COc1cccc(CN2C(=O)NC(C)(C3CCN(C(=O)c4ccccc4Cl)CC3)C2=O)c1OC. The van der Waals surface area contributed by atoms with Gasteiger partial charge in [-0.25, -0.2) is 4.79 Å². The Balaban J connectivity index is 1.46. The first kappa shape index (κ1) is 23.9. The van der Waals surface area contributed by atoms with E-state index in [4.69, 9.17) is 21.1 Å². The summed E-state index contributed by atoms with van der Waals surface area (Å²) in [5.41, 5.74) is 0.107. The molecule has 4 rings (SSSR count). The van der Waals surface area contributed by atoms with Gasteiger partial charge in [-0.1, -0.05) is 35.9 Å². The van der Waals surface area contributed by atoms with E-state index < -0.39 is 11.6 Å². The van der Waals surface area contributed by atoms with Crippen LogP contribution in [-0.4, -0.2) is 60.5 Å². The standard InChI is InChI=1S/C25H28ClN3O5/c1-25(17-11-13-28(14-12-17)22(30)18-8-4-5-9-19(18)26)23(31)29(24(32)27-25)15-16-7-6-10-20(33-2)21(16)34-3/h4-10,17H,11-15H2,1-3H3,(H,27,32). The van der Waals surface area contributed by atoms with Crippen LogP contribution < -0.4 is 14.8 Å². The Morgan fingerprint density at radius 1 is 1.09 bits per heavy atom. The number of amides is 4. The van der Waals surface area contributed by atoms with Gasteiger partial charge in [0.15, 0.2) is 11.5 Å². The quantitative estimate of drug-likeness (QED) is 0.630. The van der Waals surface area contributed by atoms with Crippen LogP contribution in [0.3, 0.4) is 0 Å². The van der Waals surface area contributed by atoms with E-state index in [1.807, 2.05) is 0 Å². The zero-order valence-corrected chi connectivity index (χ0v) is 20.2. The van der Waals surface area contributed by atoms with Crippen molar-refractivity contribution in [1.29, 1.82) is 0 Å². The lowest BCUT2D eigenvalue weighted by Crippen LogP contribution is -2.54. The highest BCUT2D eigenvalue weighted by molar-refractivity contribution is 6.33. The lowest BCUT2D eigenvalue weighted by atomic mass is 9.78. The highest BCUT2D eigenvalue weighted by Crippen LogP contribution is 2.37. The zero-order chi connectivity index (χ0) is 24.5. The van der Waals surface area contributed by atoms with Crippen molar-refractivity contribution in [2.24, 2.45) is 5.92 Å². The van der Waals surface area contributed by atoms with Crippen LogP contribution in [-0.2, 0) is 11.3 Å². The number of hydrogen-bond acceptors (Lipinski definition) is 5. The average molecular weight is 486 g/mol. The van der Waals surface area contributed by atoms with Crippen LogP contribution in [0.25, 0.3) is 0 Å². The molecule has 1 unspecified atom stereocenters. The number of hydrogen-bond donors (Lipinski definition) is 1. The summed E-state index contributed by atoms with van der Waals surface area (Å²) in [5.74, 6) is 0.522. The van der Waals surface area contributed by atoms with Crippen LogP contribution in [0.5, 0.6) is 11.5 Å². The van der Waals surface area contributed by atoms with Gasteiger partial charge < -0.3 is 19.7 Å². The van der Waals surface area contributed by atoms with Crippen molar-refractivity contribution < 1.29 is 23.9 Å². The van der Waals surface area contributed by atoms with Gasteiger partial charge in [0.2, 0.25) is 0 Å². The summed E-state index contributed by atoms with van der Waals surface area (Å²) in [6, 6.07) is 11.9. The van der Waals surface area contributed by atoms with E-state index >= 15 is 0 Å². The third-order valence-electron chi connectivity index (χ3n) is 6.82. The molecule has 180 valence electrons. The Bertz CT molecular complexity index is 1120. The number of likely N-dealkylation sites (tertiary alicyclic amines) is 1. The van der Waals surface area contributed by atoms with Gasteiger partial charge in [0.1, 0.15) is 5.54 Å². The van der Waals surface area contributed by atoms with Crippen LogP contribution in [0, 0.1) is 5.92 Å². The number of para-hydroxylation sites is 1. The van der Waals surface area contributed by atoms with Gasteiger partial charge >= 0.3 is 6.03 Å². The Hall–Kier alpha value is -3.26. The first-order valence-corrected chi connectivity index (χ1v) is 11.6. The molecule has 0 spiro atoms. The number of benzene rings is 2. The van der Waals surface area contributed by atoms with Crippen LogP contribution in [0.2, 0.25) is 5.02 Å². The number of nitrogens with one attached hydrogen (secondary N) is 1. The average Bonchev–Trinajstić information content (AvgIpc) is 3.07. The van der Waals surface area contributed by atoms with Gasteiger partial charge in [-0.15, -0.1) is 0 Å². The Labute approximate surface area is 203 Å². The van der Waals surface area contributed by atoms with Crippen molar-refractivity contribution in [3.8, 4) is 11.5 Å². The van der Waals surface area contributed by atoms with Gasteiger partial charge in [0.05, 0.1) is 31.4 Å². The number of nitrogens with zero attached hydrogens (tertiary/aromatic N) is 2. The van der Waals surface area contributed by atoms with Crippen LogP contribution in [0.15, 0.2) is 42.5 Å². The minimum Gasteiger partial charge on any atom is -0.493 e. The molecule has 0 bridgehead atoms. The molecular weight excluding hydrogens is 458 g/mol. The highest BCUT2D eigenvalue weighted by atomic mass is 35.5. The van der Waals surface area contributed by atoms with Crippen LogP contribution >= 0.6 is 11.6 Å². The molecular formula is C25H28ClN3O5. The summed E-state index contributed by atoms with van der Waals surface area (Å²) in [7, 11) is 3.06. The van der Waals surface area contributed by atoms with Crippen molar-refractivity contribution in [2.75, 3.05) is 27.3 Å². The molecule has 1 atom stereocenters. The molecule has 2 aromatic carbocycles. The monoisotopic (exact) mass is 485 g/mol. The van der Waals surface area contributed by atoms with E-state index in [0.29, 0.717) is 53.6 Å². The van der Waals surface area contributed by atoms with Crippen molar-refractivity contribution in [3.05, 3.63) is 58.6 Å². The molecule has 9 heteroatoms. The first-order chi connectivity index (χ1) is 16.3. The number of piperidine rings is 1. The molecule has 8 nitrogen and oxygen atoms in total. The predicted octanol–water partition coefficient (Wildman–Crippen LogP) is 3.72. The molecule has 2 aliphatic rings. The Morgan fingerprint density at radius 3 is 2.44 bits per heavy atom. The molecule has 1 N–H and O–H groups in total. The second-order valence-electron chi connectivity index (χ2n) is 8.72. The van der Waals surface area contributed by atoms with Gasteiger partial charge in [-0.3, -0.25) is 14.5 Å². The number of halogens is 1. The summed E-state index contributed by atoms with van der Waals surface area (Å²) in [5, 5.41) is 3.33. The molecule has 2 saturated heterocycles. The third-order valence-corrected chi connectivity index (χ3v) is 7.15. The molecule has 0 saturated carbocycles. The summed E-state index contributed by atoms with van der Waals surface area (Å²) in [4.78, 5) is 42.1. The second kappa shape index (κ2) is 9.54. The number of carbonyl (C=O) groups is 3. The van der Waals surface area contributed by atoms with Gasteiger partial charge in [0.25, 0.3) is 11.8 Å². The number of urea groups is 1. The van der Waals surface area contributed by atoms with E-state index in [0.717, 1.165) is 0 Å². The van der Waals surface area contributed by atoms with Crippen molar-refractivity contribution in [3.63, 3.8) is 0 Å². The van der Waals surface area contributed by atoms with E-state index in [1.165, 1.54) is 19.1 Å². The fraction of sp³-hybridized carbons (Fsp3) is 0.400. The maximum absolute atomic E-state index is 13.4. The minimum absolute atomic E-state index is 0.0739. The molecule has 0 aliphatic carbocycles. The zero-order valence-electron chi connectivity index (χ0n) is 19.5. The summed E-state index contributed by atoms with van der Waals surface area (Å²) >= 11 is 6.19. The maximum atomic E-state index is 13.4. The van der Waals surface area contributed by atoms with E-state index in [1.54, 1.807) is 54.3 Å². The van der Waals surface area contributed by atoms with Crippen molar-refractivity contribution in [1.82, 2.24) is 15.1 Å². The van der Waals surface area contributed by atoms with Crippen molar-refractivity contribution >= 4 is 29.4 Å². The van der Waals surface area contributed by atoms with Gasteiger partial charge in [-0.05, 0) is 43.9 Å². The summed E-state index contributed by atoms with van der Waals surface area (Å²) in [6.07, 6.45) is 1.18. The second-order valence-corrected chi connectivity index (χ2v) is 9.13. The number of carbonyl (C=O) groups excluding carboxylic acids is 3. The largest absolute Gasteiger partial charge is 0.493 e. The molecule has 2 fully saturated rings. The highest BCUT2D eigenvalue weighted by Gasteiger charge is 2.53. The van der Waals surface area contributed by atoms with Gasteiger partial charge in [0, 0.05) is 18.7 Å². The first-order valence-electron chi connectivity index (χ1n) is 11.2. The molecule has 0 radical (unpaired) electrons. The normalized spacial score (nSPS) is 20.9. The molecule has 34 heavy (non-hydrogen) atoms. The molecule has 2 aliphatic heterocycles. The Kier molecular flexibility index (Phi) is 6.70. The molecule has 0 aromatic heterocycles. The third kappa shape index (κ3) is 4.18. The Morgan fingerprint density at radius 2 is 1.79 bits per heavy atom. The van der Waals surface area contributed by atoms with Gasteiger partial charge in [-0.2, -0.15) is 0 Å². The van der Waals surface area contributed by atoms with Crippen LogP contribution in [0.4, 0.5) is 4.79 Å². The smallest absolute Gasteiger partial charge is 0.325 e. The minimum atomic E-state index is -1.04. The van der Waals surface area contributed by atoms with Crippen molar-refractivity contribution in [2.45, 2.75) is 31.8 Å². The number of ether oxygens (including phenoxy) is 2. The van der Waals surface area contributed by atoms with Crippen LogP contribution in [0.1, 0.15) is 35.7 Å². The fourth-order valence-electron chi connectivity index (χ4n) is 4.85. The van der Waals surface area contributed by atoms with E-state index in [-0.39, 0.29) is 24.3 Å². The summed E-state index contributed by atoms with van der Waals surface area (Å²) in [6.45, 7) is 2.81. The molecule has 2 aromatic rings.